The number of thiocarbonyl (C=S) groups is 1. The summed E-state index contributed by atoms with van der Waals surface area (Å²) >= 11 is 5.46. The molecule has 1 heterocycles. The molecule has 0 aromatic carbocycles. The second kappa shape index (κ2) is 3.62. The van der Waals surface area contributed by atoms with Crippen LogP contribution in [0.2, 0.25) is 5.31 Å². The van der Waals surface area contributed by atoms with Crippen LogP contribution >= 0.6 is 12.2 Å². The Kier molecular flexibility index (Phi) is 2.70. The molecule has 1 aliphatic heterocycles. The molecule has 0 N–H and O–H groups in total. The summed E-state index contributed by atoms with van der Waals surface area (Å²) in [7, 11) is 6.34. The Morgan fingerprint density at radius 3 is 2.73 bits per heavy atom. The average molecular weight is 219 g/mol. The largest absolute Gasteiger partial charge is 0.337 e. The first-order valence-corrected chi connectivity index (χ1v) is 6.18. The standard InChI is InChI=1S/C12H18BNS/c1-8(2)14-10-5-4-6-12(3,13)9(10)7-11(14)15/h8H,4-7H2,1-3H3. The normalized spacial score (nSPS) is 31.5. The van der Waals surface area contributed by atoms with Crippen LogP contribution in [0.5, 0.6) is 0 Å². The van der Waals surface area contributed by atoms with Gasteiger partial charge < -0.3 is 4.90 Å². The lowest BCUT2D eigenvalue weighted by molar-refractivity contribution is 0.399. The number of hydrogen-bond acceptors (Lipinski definition) is 1. The monoisotopic (exact) mass is 219 g/mol. The molecule has 2 aliphatic rings. The second-order valence-electron chi connectivity index (χ2n) is 5.23. The van der Waals surface area contributed by atoms with E-state index in [1.165, 1.54) is 17.7 Å². The van der Waals surface area contributed by atoms with Crippen LogP contribution in [0, 0.1) is 0 Å². The van der Waals surface area contributed by atoms with Crippen molar-refractivity contribution in [2.45, 2.75) is 57.8 Å². The summed E-state index contributed by atoms with van der Waals surface area (Å²) in [6.07, 6.45) is 4.36. The molecule has 0 fully saturated rings. The minimum Gasteiger partial charge on any atom is -0.337 e. The molecule has 0 aromatic heterocycles. The molecule has 15 heavy (non-hydrogen) atoms. The Bertz CT molecular complexity index is 331. The quantitative estimate of drug-likeness (QED) is 0.492. The van der Waals surface area contributed by atoms with Gasteiger partial charge in [0.1, 0.15) is 0 Å². The van der Waals surface area contributed by atoms with E-state index >= 15 is 0 Å². The second-order valence-corrected chi connectivity index (χ2v) is 5.70. The Balaban J connectivity index is 2.39. The van der Waals surface area contributed by atoms with Crippen molar-refractivity contribution in [3.8, 4) is 0 Å². The van der Waals surface area contributed by atoms with Crippen LogP contribution in [0.3, 0.4) is 0 Å². The number of allylic oxidation sites excluding steroid dienone is 1. The van der Waals surface area contributed by atoms with Gasteiger partial charge in [-0.05, 0) is 37.6 Å². The fourth-order valence-electron chi connectivity index (χ4n) is 2.81. The predicted molar refractivity (Wildman–Crippen MR) is 69.2 cm³/mol. The third kappa shape index (κ3) is 1.75. The molecule has 3 heteroatoms. The van der Waals surface area contributed by atoms with Crippen molar-refractivity contribution in [3.05, 3.63) is 11.3 Å². The number of hydrogen-bond donors (Lipinski definition) is 0. The lowest BCUT2D eigenvalue weighted by Gasteiger charge is -2.35. The lowest BCUT2D eigenvalue weighted by atomic mass is 9.59. The van der Waals surface area contributed by atoms with Crippen molar-refractivity contribution in [1.29, 1.82) is 0 Å². The highest BCUT2D eigenvalue weighted by molar-refractivity contribution is 7.80. The van der Waals surface area contributed by atoms with Gasteiger partial charge >= 0.3 is 0 Å². The van der Waals surface area contributed by atoms with E-state index in [1.807, 2.05) is 0 Å². The van der Waals surface area contributed by atoms with Crippen LogP contribution < -0.4 is 0 Å². The zero-order valence-electron chi connectivity index (χ0n) is 9.84. The van der Waals surface area contributed by atoms with Gasteiger partial charge in [-0.15, -0.1) is 0 Å². The van der Waals surface area contributed by atoms with Crippen LogP contribution in [-0.2, 0) is 0 Å². The first kappa shape index (κ1) is 11.2. The summed E-state index contributed by atoms with van der Waals surface area (Å²) in [5, 5.41) is -0.124. The number of nitrogens with zero attached hydrogens (tertiary/aromatic N) is 1. The predicted octanol–water partition coefficient (Wildman–Crippen LogP) is 3.21. The summed E-state index contributed by atoms with van der Waals surface area (Å²) in [6, 6.07) is 0.471. The molecule has 2 rings (SSSR count). The summed E-state index contributed by atoms with van der Waals surface area (Å²) in [4.78, 5) is 3.38. The summed E-state index contributed by atoms with van der Waals surface area (Å²) in [5.74, 6) is 0. The summed E-state index contributed by atoms with van der Waals surface area (Å²) in [6.45, 7) is 6.54. The molecule has 1 unspecified atom stereocenters. The Hall–Kier alpha value is -0.305. The first-order chi connectivity index (χ1) is 6.93. The molecule has 2 radical (unpaired) electrons. The fraction of sp³-hybridized carbons (Fsp3) is 0.750. The molecule has 0 saturated heterocycles. The zero-order chi connectivity index (χ0) is 11.2. The Morgan fingerprint density at radius 1 is 1.47 bits per heavy atom. The minimum absolute atomic E-state index is 0.124. The first-order valence-electron chi connectivity index (χ1n) is 5.77. The fourth-order valence-corrected chi connectivity index (χ4v) is 3.28. The van der Waals surface area contributed by atoms with Gasteiger partial charge in [-0.25, -0.2) is 0 Å². The summed E-state index contributed by atoms with van der Waals surface area (Å²) in [5.41, 5.74) is 2.82. The van der Waals surface area contributed by atoms with E-state index in [1.54, 1.807) is 0 Å². The van der Waals surface area contributed by atoms with Crippen molar-refractivity contribution < 1.29 is 0 Å². The van der Waals surface area contributed by atoms with Crippen molar-refractivity contribution in [2.24, 2.45) is 0 Å². The minimum atomic E-state index is -0.124. The Morgan fingerprint density at radius 2 is 2.13 bits per heavy atom. The van der Waals surface area contributed by atoms with Crippen LogP contribution in [-0.4, -0.2) is 23.8 Å². The number of rotatable bonds is 1. The van der Waals surface area contributed by atoms with Gasteiger partial charge in [-0.2, -0.15) is 0 Å². The molecular weight excluding hydrogens is 201 g/mol. The topological polar surface area (TPSA) is 3.24 Å². The van der Waals surface area contributed by atoms with Gasteiger partial charge in [0.05, 0.1) is 12.8 Å². The van der Waals surface area contributed by atoms with Crippen LogP contribution in [0.4, 0.5) is 0 Å². The SMILES string of the molecule is [B]C1(C)CCCC2=C1CC(=S)N2C(C)C. The van der Waals surface area contributed by atoms with E-state index in [9.17, 15) is 0 Å². The van der Waals surface area contributed by atoms with Gasteiger partial charge in [0.25, 0.3) is 0 Å². The van der Waals surface area contributed by atoms with E-state index in [0.29, 0.717) is 6.04 Å². The van der Waals surface area contributed by atoms with Gasteiger partial charge in [-0.1, -0.05) is 25.6 Å². The molecule has 1 nitrogen and oxygen atoms in total. The zero-order valence-corrected chi connectivity index (χ0v) is 10.7. The third-order valence-electron chi connectivity index (χ3n) is 3.55. The average Bonchev–Trinajstić information content (AvgIpc) is 2.42. The Labute approximate surface area is 99.3 Å². The van der Waals surface area contributed by atoms with Crippen LogP contribution in [0.1, 0.15) is 46.5 Å². The third-order valence-corrected chi connectivity index (χ3v) is 3.89. The molecule has 1 atom stereocenters. The van der Waals surface area contributed by atoms with E-state index in [-0.39, 0.29) is 5.31 Å². The molecule has 0 bridgehead atoms. The van der Waals surface area contributed by atoms with Crippen molar-refractivity contribution in [1.82, 2.24) is 4.90 Å². The van der Waals surface area contributed by atoms with Gasteiger partial charge in [0.15, 0.2) is 0 Å². The van der Waals surface area contributed by atoms with Gasteiger partial charge in [0, 0.05) is 18.2 Å². The van der Waals surface area contributed by atoms with E-state index < -0.39 is 0 Å². The maximum absolute atomic E-state index is 6.34. The van der Waals surface area contributed by atoms with E-state index in [0.717, 1.165) is 24.3 Å². The maximum atomic E-state index is 6.34. The van der Waals surface area contributed by atoms with Crippen molar-refractivity contribution in [2.75, 3.05) is 0 Å². The van der Waals surface area contributed by atoms with Gasteiger partial charge in [-0.3, -0.25) is 0 Å². The molecule has 0 saturated carbocycles. The molecule has 0 spiro atoms. The van der Waals surface area contributed by atoms with Crippen LogP contribution in [0.25, 0.3) is 0 Å². The highest BCUT2D eigenvalue weighted by Gasteiger charge is 2.38. The molecular formula is C12H18BNS. The lowest BCUT2D eigenvalue weighted by Crippen LogP contribution is -2.31. The molecule has 0 amide bonds. The maximum Gasteiger partial charge on any atom is 0.0865 e. The molecule has 0 aromatic rings. The van der Waals surface area contributed by atoms with Crippen LogP contribution in [0.15, 0.2) is 11.3 Å². The molecule has 1 aliphatic carbocycles. The summed E-state index contributed by atoms with van der Waals surface area (Å²) < 4.78 is 0. The smallest absolute Gasteiger partial charge is 0.0865 e. The van der Waals surface area contributed by atoms with Crippen molar-refractivity contribution in [3.63, 3.8) is 0 Å². The van der Waals surface area contributed by atoms with Crippen molar-refractivity contribution >= 4 is 25.1 Å². The van der Waals surface area contributed by atoms with E-state index in [2.05, 4.69) is 25.7 Å². The van der Waals surface area contributed by atoms with E-state index in [4.69, 9.17) is 20.1 Å². The highest BCUT2D eigenvalue weighted by atomic mass is 32.1. The highest BCUT2D eigenvalue weighted by Crippen LogP contribution is 2.50. The molecule has 80 valence electrons. The van der Waals surface area contributed by atoms with Gasteiger partial charge in [0.2, 0.25) is 0 Å².